The molecule has 1 amide bonds. The van der Waals surface area contributed by atoms with Crippen molar-refractivity contribution in [3.8, 4) is 5.75 Å². The molecule has 2 fully saturated rings. The molecule has 2 aliphatic rings. The lowest BCUT2D eigenvalue weighted by Gasteiger charge is -2.50. The van der Waals surface area contributed by atoms with Gasteiger partial charge in [-0.2, -0.15) is 0 Å². The fourth-order valence-corrected chi connectivity index (χ4v) is 3.80. The van der Waals surface area contributed by atoms with Gasteiger partial charge in [-0.3, -0.25) is 9.69 Å². The van der Waals surface area contributed by atoms with E-state index in [1.54, 1.807) is 6.92 Å². The van der Waals surface area contributed by atoms with Crippen molar-refractivity contribution in [2.45, 2.75) is 50.0 Å². The van der Waals surface area contributed by atoms with Gasteiger partial charge in [0, 0.05) is 26.1 Å². The molecule has 144 valence electrons. The van der Waals surface area contributed by atoms with Crippen LogP contribution in [0.15, 0.2) is 24.3 Å². The predicted molar refractivity (Wildman–Crippen MR) is 95.6 cm³/mol. The van der Waals surface area contributed by atoms with Crippen molar-refractivity contribution in [2.75, 3.05) is 26.3 Å². The number of rotatable bonds is 5. The summed E-state index contributed by atoms with van der Waals surface area (Å²) in [6.07, 6.45) is 1.34. The Morgan fingerprint density at radius 3 is 2.58 bits per heavy atom. The molecule has 3 rings (SSSR count). The van der Waals surface area contributed by atoms with E-state index in [1.165, 1.54) is 5.56 Å². The molecule has 0 aromatic heterocycles. The molecule has 7 heteroatoms. The predicted octanol–water partition coefficient (Wildman–Crippen LogP) is 0.418. The number of primary amides is 1. The van der Waals surface area contributed by atoms with E-state index in [1.807, 2.05) is 24.3 Å². The van der Waals surface area contributed by atoms with E-state index in [-0.39, 0.29) is 18.8 Å². The summed E-state index contributed by atoms with van der Waals surface area (Å²) in [5.74, 6) is 0.134. The molecule has 4 N–H and O–H groups in total. The molecule has 0 radical (unpaired) electrons. The Bertz CT molecular complexity index is 623. The fourth-order valence-electron chi connectivity index (χ4n) is 3.80. The second-order valence-corrected chi connectivity index (χ2v) is 7.72. The van der Waals surface area contributed by atoms with Crippen LogP contribution in [0.2, 0.25) is 0 Å². The van der Waals surface area contributed by atoms with Gasteiger partial charge in [-0.1, -0.05) is 12.1 Å². The van der Waals surface area contributed by atoms with Crippen LogP contribution in [0.5, 0.6) is 5.75 Å². The summed E-state index contributed by atoms with van der Waals surface area (Å²) in [4.78, 5) is 13.1. The van der Waals surface area contributed by atoms with Crippen LogP contribution in [-0.2, 0) is 16.1 Å². The molecule has 0 aliphatic carbocycles. The second kappa shape index (κ2) is 7.52. The van der Waals surface area contributed by atoms with Gasteiger partial charge < -0.3 is 25.4 Å². The molecular weight excluding hydrogens is 336 g/mol. The van der Waals surface area contributed by atoms with Gasteiger partial charge in [-0.15, -0.1) is 0 Å². The highest BCUT2D eigenvalue weighted by molar-refractivity contribution is 5.75. The Balaban J connectivity index is 1.50. The van der Waals surface area contributed by atoms with Crippen LogP contribution in [-0.4, -0.2) is 64.6 Å². The third-order valence-electron chi connectivity index (χ3n) is 5.42. The lowest BCUT2D eigenvalue weighted by atomic mass is 9.76. The number of nitrogens with two attached hydrogens (primary N) is 1. The molecule has 2 saturated heterocycles. The van der Waals surface area contributed by atoms with E-state index in [2.05, 4.69) is 4.90 Å². The lowest BCUT2D eigenvalue weighted by Crippen LogP contribution is -2.59. The molecule has 26 heavy (non-hydrogen) atoms. The summed E-state index contributed by atoms with van der Waals surface area (Å²) < 4.78 is 11.2. The van der Waals surface area contributed by atoms with Gasteiger partial charge in [0.2, 0.25) is 0 Å². The monoisotopic (exact) mass is 364 g/mol. The highest BCUT2D eigenvalue weighted by Gasteiger charge is 2.48. The SMILES string of the molecule is C[C@]1(O)CC2(CCN(Cc3ccc(OCC(N)=O)cc3)CC2)OC[C@@H]1O. The van der Waals surface area contributed by atoms with E-state index in [0.29, 0.717) is 12.2 Å². The van der Waals surface area contributed by atoms with Crippen molar-refractivity contribution < 1.29 is 24.5 Å². The quantitative estimate of drug-likeness (QED) is 0.699. The molecule has 0 bridgehead atoms. The van der Waals surface area contributed by atoms with Gasteiger partial charge >= 0.3 is 0 Å². The summed E-state index contributed by atoms with van der Waals surface area (Å²) in [7, 11) is 0. The largest absolute Gasteiger partial charge is 0.484 e. The molecule has 1 aromatic rings. The van der Waals surface area contributed by atoms with Crippen LogP contribution in [0, 0.1) is 0 Å². The summed E-state index contributed by atoms with van der Waals surface area (Å²) in [6, 6.07) is 7.65. The Kier molecular flexibility index (Phi) is 5.53. The van der Waals surface area contributed by atoms with Gasteiger partial charge in [0.25, 0.3) is 5.91 Å². The van der Waals surface area contributed by atoms with E-state index in [4.69, 9.17) is 15.2 Å². The summed E-state index contributed by atoms with van der Waals surface area (Å²) >= 11 is 0. The number of nitrogens with zero attached hydrogens (tertiary/aromatic N) is 1. The highest BCUT2D eigenvalue weighted by Crippen LogP contribution is 2.39. The molecule has 7 nitrogen and oxygen atoms in total. The highest BCUT2D eigenvalue weighted by atomic mass is 16.5. The minimum absolute atomic E-state index is 0.119. The van der Waals surface area contributed by atoms with E-state index in [9.17, 15) is 15.0 Å². The van der Waals surface area contributed by atoms with Gasteiger partial charge in [0.1, 0.15) is 11.9 Å². The molecule has 1 spiro atoms. The van der Waals surface area contributed by atoms with E-state index >= 15 is 0 Å². The summed E-state index contributed by atoms with van der Waals surface area (Å²) in [6.45, 7) is 4.35. The van der Waals surface area contributed by atoms with Gasteiger partial charge in [0.15, 0.2) is 6.61 Å². The van der Waals surface area contributed by atoms with Crippen molar-refractivity contribution in [3.63, 3.8) is 0 Å². The number of ether oxygens (including phenoxy) is 2. The number of aliphatic hydroxyl groups is 2. The maximum Gasteiger partial charge on any atom is 0.255 e. The van der Waals surface area contributed by atoms with Crippen molar-refractivity contribution in [1.82, 2.24) is 4.90 Å². The van der Waals surface area contributed by atoms with Crippen molar-refractivity contribution in [1.29, 1.82) is 0 Å². The smallest absolute Gasteiger partial charge is 0.255 e. The molecule has 2 atom stereocenters. The summed E-state index contributed by atoms with van der Waals surface area (Å²) in [5.41, 5.74) is 4.82. The number of carbonyl (C=O) groups is 1. The van der Waals surface area contributed by atoms with Crippen LogP contribution < -0.4 is 10.5 Å². The van der Waals surface area contributed by atoms with Crippen LogP contribution in [0.25, 0.3) is 0 Å². The third kappa shape index (κ3) is 4.54. The molecule has 0 unspecified atom stereocenters. The Morgan fingerprint density at radius 1 is 1.35 bits per heavy atom. The fraction of sp³-hybridized carbons (Fsp3) is 0.632. The van der Waals surface area contributed by atoms with Crippen LogP contribution in [0.4, 0.5) is 0 Å². The number of benzene rings is 1. The zero-order valence-corrected chi connectivity index (χ0v) is 15.2. The van der Waals surface area contributed by atoms with Crippen molar-refractivity contribution in [2.24, 2.45) is 5.73 Å². The van der Waals surface area contributed by atoms with Gasteiger partial charge in [0.05, 0.1) is 17.8 Å². The summed E-state index contributed by atoms with van der Waals surface area (Å²) in [5, 5.41) is 20.2. The number of hydrogen-bond donors (Lipinski definition) is 3. The standard InChI is InChI=1S/C19H28N2O5/c1-18(24)13-19(26-11-16(18)22)6-8-21(9-7-19)10-14-2-4-15(5-3-14)25-12-17(20)23/h2-5,16,22,24H,6-13H2,1H3,(H2,20,23)/t16-,18-/m0/s1. The molecule has 1 aromatic carbocycles. The van der Waals surface area contributed by atoms with Crippen LogP contribution >= 0.6 is 0 Å². The number of piperidine rings is 1. The van der Waals surface area contributed by atoms with E-state index in [0.717, 1.165) is 32.5 Å². The van der Waals surface area contributed by atoms with Crippen molar-refractivity contribution in [3.05, 3.63) is 29.8 Å². The zero-order valence-electron chi connectivity index (χ0n) is 15.2. The second-order valence-electron chi connectivity index (χ2n) is 7.72. The maximum atomic E-state index is 10.7. The maximum absolute atomic E-state index is 10.7. The number of hydrogen-bond acceptors (Lipinski definition) is 6. The van der Waals surface area contributed by atoms with Gasteiger partial charge in [-0.05, 0) is 37.5 Å². The third-order valence-corrected chi connectivity index (χ3v) is 5.42. The molecular formula is C19H28N2O5. The first-order chi connectivity index (χ1) is 12.3. The Labute approximate surface area is 153 Å². The topological polar surface area (TPSA) is 105 Å². The number of likely N-dealkylation sites (tertiary alicyclic amines) is 1. The normalized spacial score (nSPS) is 28.8. The first-order valence-corrected chi connectivity index (χ1v) is 9.05. The first kappa shape index (κ1) is 19.1. The number of amides is 1. The van der Waals surface area contributed by atoms with E-state index < -0.39 is 17.6 Å². The van der Waals surface area contributed by atoms with Crippen molar-refractivity contribution >= 4 is 5.91 Å². The minimum Gasteiger partial charge on any atom is -0.484 e. The van der Waals surface area contributed by atoms with Gasteiger partial charge in [-0.25, -0.2) is 0 Å². The van der Waals surface area contributed by atoms with Crippen LogP contribution in [0.1, 0.15) is 31.7 Å². The van der Waals surface area contributed by atoms with Crippen LogP contribution in [0.3, 0.4) is 0 Å². The zero-order chi connectivity index (χ0) is 18.8. The number of carbonyl (C=O) groups excluding carboxylic acids is 1. The average molecular weight is 364 g/mol. The first-order valence-electron chi connectivity index (χ1n) is 9.05. The Morgan fingerprint density at radius 2 is 2.00 bits per heavy atom. The molecule has 2 aliphatic heterocycles. The average Bonchev–Trinajstić information content (AvgIpc) is 2.60. The Hall–Kier alpha value is -1.67. The number of aliphatic hydroxyl groups excluding tert-OH is 1. The molecule has 0 saturated carbocycles. The minimum atomic E-state index is -1.08. The lowest BCUT2D eigenvalue weighted by molar-refractivity contribution is -0.223. The molecule has 2 heterocycles.